The number of benzene rings is 3. The van der Waals surface area contributed by atoms with Crippen LogP contribution in [0.4, 0.5) is 8.78 Å². The van der Waals surface area contributed by atoms with E-state index < -0.39 is 18.1 Å². The normalized spacial score (nSPS) is 16.4. The van der Waals surface area contributed by atoms with Gasteiger partial charge in [0.2, 0.25) is 5.91 Å². The maximum Gasteiger partial charge on any atom is 0.323 e. The summed E-state index contributed by atoms with van der Waals surface area (Å²) in [6.45, 7) is 1.83. The highest BCUT2D eigenvalue weighted by Crippen LogP contribution is 2.37. The quantitative estimate of drug-likeness (QED) is 0.487. The van der Waals surface area contributed by atoms with Gasteiger partial charge in [-0.2, -0.15) is 0 Å². The smallest absolute Gasteiger partial charge is 0.323 e. The summed E-state index contributed by atoms with van der Waals surface area (Å²) in [6.07, 6.45) is 1.76. The lowest BCUT2D eigenvalue weighted by molar-refractivity contribution is -0.144. The standard InChI is InChI=1S/C28H27F2NO4/c1-28(16-20-4-9-24(30)10-5-20)17-22-14-21(6-11-25(22)35-28)15-26(32)31(18-27(33)34)13-12-19-2-7-23(29)8-3-19/h2-11,14H,12-13,15-18H2,1H3,(H,33,34)/t28-/m0/s1. The maximum atomic E-state index is 13.2. The van der Waals surface area contributed by atoms with Crippen molar-refractivity contribution in [1.29, 1.82) is 0 Å². The van der Waals surface area contributed by atoms with Crippen molar-refractivity contribution in [1.82, 2.24) is 4.90 Å². The lowest BCUT2D eigenvalue weighted by Gasteiger charge is -2.24. The van der Waals surface area contributed by atoms with Crippen LogP contribution < -0.4 is 4.74 Å². The molecular formula is C28H27F2NO4. The van der Waals surface area contributed by atoms with Crippen molar-refractivity contribution in [3.8, 4) is 5.75 Å². The Morgan fingerprint density at radius 3 is 2.17 bits per heavy atom. The minimum absolute atomic E-state index is 0.0681. The van der Waals surface area contributed by atoms with Gasteiger partial charge in [0.15, 0.2) is 0 Å². The van der Waals surface area contributed by atoms with Gasteiger partial charge in [0.1, 0.15) is 29.5 Å². The Balaban J connectivity index is 1.40. The van der Waals surface area contributed by atoms with Crippen molar-refractivity contribution >= 4 is 11.9 Å². The van der Waals surface area contributed by atoms with Gasteiger partial charge >= 0.3 is 5.97 Å². The first-order valence-corrected chi connectivity index (χ1v) is 11.5. The Bertz CT molecular complexity index is 1210. The van der Waals surface area contributed by atoms with Gasteiger partial charge in [-0.05, 0) is 65.9 Å². The zero-order chi connectivity index (χ0) is 25.0. The first kappa shape index (κ1) is 24.4. The van der Waals surface area contributed by atoms with E-state index in [0.717, 1.165) is 28.0 Å². The van der Waals surface area contributed by atoms with Crippen LogP contribution in [-0.2, 0) is 35.3 Å². The molecule has 0 saturated carbocycles. The van der Waals surface area contributed by atoms with Gasteiger partial charge in [-0.1, -0.05) is 36.4 Å². The van der Waals surface area contributed by atoms with Crippen molar-refractivity contribution in [2.45, 2.75) is 38.2 Å². The average Bonchev–Trinajstić information content (AvgIpc) is 3.14. The van der Waals surface area contributed by atoms with Crippen LogP contribution in [-0.4, -0.2) is 40.6 Å². The van der Waals surface area contributed by atoms with Crippen LogP contribution in [0.3, 0.4) is 0 Å². The molecule has 0 aliphatic carbocycles. The van der Waals surface area contributed by atoms with E-state index in [1.165, 1.54) is 29.2 Å². The molecule has 1 N–H and O–H groups in total. The molecule has 0 spiro atoms. The number of halogens is 2. The zero-order valence-electron chi connectivity index (χ0n) is 19.5. The Morgan fingerprint density at radius 2 is 1.54 bits per heavy atom. The number of carboxylic acid groups (broad SMARTS) is 1. The fraction of sp³-hybridized carbons (Fsp3) is 0.286. The number of rotatable bonds is 9. The van der Waals surface area contributed by atoms with Crippen LogP contribution in [0.5, 0.6) is 5.75 Å². The van der Waals surface area contributed by atoms with E-state index in [9.17, 15) is 23.5 Å². The average molecular weight is 480 g/mol. The van der Waals surface area contributed by atoms with Crippen LogP contribution >= 0.6 is 0 Å². The monoisotopic (exact) mass is 479 g/mol. The zero-order valence-corrected chi connectivity index (χ0v) is 19.5. The molecular weight excluding hydrogens is 452 g/mol. The second kappa shape index (κ2) is 10.3. The molecule has 182 valence electrons. The number of ether oxygens (including phenoxy) is 1. The second-order valence-electron chi connectivity index (χ2n) is 9.24. The van der Waals surface area contributed by atoms with E-state index in [0.29, 0.717) is 19.3 Å². The largest absolute Gasteiger partial charge is 0.487 e. The van der Waals surface area contributed by atoms with Gasteiger partial charge in [-0.3, -0.25) is 9.59 Å². The summed E-state index contributed by atoms with van der Waals surface area (Å²) in [5.74, 6) is -1.25. The van der Waals surface area contributed by atoms with Gasteiger partial charge in [0.25, 0.3) is 0 Å². The van der Waals surface area contributed by atoms with E-state index in [4.69, 9.17) is 4.74 Å². The summed E-state index contributed by atoms with van der Waals surface area (Å²) in [6, 6.07) is 17.9. The number of nitrogens with zero attached hydrogens (tertiary/aromatic N) is 1. The fourth-order valence-electron chi connectivity index (χ4n) is 4.47. The molecule has 3 aromatic carbocycles. The van der Waals surface area contributed by atoms with Crippen LogP contribution in [0.15, 0.2) is 66.7 Å². The van der Waals surface area contributed by atoms with Crippen molar-refractivity contribution in [3.63, 3.8) is 0 Å². The molecule has 1 amide bonds. The molecule has 35 heavy (non-hydrogen) atoms. The second-order valence-corrected chi connectivity index (χ2v) is 9.24. The predicted octanol–water partition coefficient (Wildman–Crippen LogP) is 4.60. The molecule has 3 aromatic rings. The molecule has 0 fully saturated rings. The molecule has 0 radical (unpaired) electrons. The highest BCUT2D eigenvalue weighted by Gasteiger charge is 2.35. The number of fused-ring (bicyclic) bond motifs is 1. The van der Waals surface area contributed by atoms with E-state index >= 15 is 0 Å². The maximum absolute atomic E-state index is 13.2. The van der Waals surface area contributed by atoms with Gasteiger partial charge < -0.3 is 14.7 Å². The molecule has 5 nitrogen and oxygen atoms in total. The van der Waals surface area contributed by atoms with Gasteiger partial charge in [0, 0.05) is 19.4 Å². The number of carboxylic acids is 1. The van der Waals surface area contributed by atoms with Crippen molar-refractivity contribution in [2.24, 2.45) is 0 Å². The third-order valence-corrected chi connectivity index (χ3v) is 6.15. The third kappa shape index (κ3) is 6.44. The van der Waals surface area contributed by atoms with Crippen molar-refractivity contribution < 1.29 is 28.2 Å². The SMILES string of the molecule is C[C@]1(Cc2ccc(F)cc2)Cc2cc(CC(=O)N(CCc3ccc(F)cc3)CC(=O)O)ccc2O1. The van der Waals surface area contributed by atoms with Crippen LogP contribution in [0.1, 0.15) is 29.2 Å². The molecule has 1 heterocycles. The highest BCUT2D eigenvalue weighted by molar-refractivity contribution is 5.83. The lowest BCUT2D eigenvalue weighted by atomic mass is 9.91. The summed E-state index contributed by atoms with van der Waals surface area (Å²) in [5, 5.41) is 9.27. The minimum Gasteiger partial charge on any atom is -0.487 e. The van der Waals surface area contributed by atoms with Crippen molar-refractivity contribution in [2.75, 3.05) is 13.1 Å². The van der Waals surface area contributed by atoms with Gasteiger partial charge in [-0.15, -0.1) is 0 Å². The first-order valence-electron chi connectivity index (χ1n) is 11.5. The molecule has 0 saturated heterocycles. The fourth-order valence-corrected chi connectivity index (χ4v) is 4.47. The topological polar surface area (TPSA) is 66.8 Å². The van der Waals surface area contributed by atoms with E-state index in [1.54, 1.807) is 24.3 Å². The Labute approximate surface area is 203 Å². The highest BCUT2D eigenvalue weighted by atomic mass is 19.1. The van der Waals surface area contributed by atoms with Crippen LogP contribution in [0.25, 0.3) is 0 Å². The minimum atomic E-state index is -1.09. The molecule has 0 bridgehead atoms. The lowest BCUT2D eigenvalue weighted by Crippen LogP contribution is -2.38. The molecule has 1 aliphatic heterocycles. The number of carbonyl (C=O) groups excluding carboxylic acids is 1. The molecule has 7 heteroatoms. The summed E-state index contributed by atoms with van der Waals surface area (Å²) >= 11 is 0. The third-order valence-electron chi connectivity index (χ3n) is 6.15. The number of amides is 1. The molecule has 0 aromatic heterocycles. The number of hydrogen-bond donors (Lipinski definition) is 1. The van der Waals surface area contributed by atoms with Gasteiger partial charge in [0.05, 0.1) is 6.42 Å². The van der Waals surface area contributed by atoms with E-state index in [-0.39, 0.29) is 30.5 Å². The summed E-state index contributed by atoms with van der Waals surface area (Å²) in [4.78, 5) is 25.6. The summed E-state index contributed by atoms with van der Waals surface area (Å²) < 4.78 is 32.5. The first-order chi connectivity index (χ1) is 16.7. The molecule has 4 rings (SSSR count). The molecule has 1 atom stereocenters. The van der Waals surface area contributed by atoms with Gasteiger partial charge in [-0.25, -0.2) is 8.78 Å². The summed E-state index contributed by atoms with van der Waals surface area (Å²) in [7, 11) is 0. The number of aliphatic carboxylic acids is 1. The summed E-state index contributed by atoms with van der Waals surface area (Å²) in [5.41, 5.74) is 3.08. The number of carbonyl (C=O) groups is 2. The Morgan fingerprint density at radius 1 is 0.943 bits per heavy atom. The van der Waals surface area contributed by atoms with E-state index in [1.807, 2.05) is 25.1 Å². The predicted molar refractivity (Wildman–Crippen MR) is 127 cm³/mol. The van der Waals surface area contributed by atoms with Crippen LogP contribution in [0.2, 0.25) is 0 Å². The van der Waals surface area contributed by atoms with E-state index in [2.05, 4.69) is 0 Å². The van der Waals surface area contributed by atoms with Crippen LogP contribution in [0, 0.1) is 11.6 Å². The number of hydrogen-bond acceptors (Lipinski definition) is 3. The molecule has 0 unspecified atom stereocenters. The molecule has 1 aliphatic rings. The Hall–Kier alpha value is -3.74. The van der Waals surface area contributed by atoms with Crippen molar-refractivity contribution in [3.05, 3.63) is 101 Å². The Kier molecular flexibility index (Phi) is 7.15.